The van der Waals surface area contributed by atoms with Crippen molar-refractivity contribution in [3.05, 3.63) is 33.9 Å². The standard InChI is InChI=1S/C13H19N3O4S/c1-10-8-11(5-6-13(10)16(17)18)15-21(19,20)9-12-4-2-3-7-14-12/h5-6,8,12,14-15H,2-4,7,9H2,1H3. The lowest BCUT2D eigenvalue weighted by Gasteiger charge is -2.23. The molecule has 0 radical (unpaired) electrons. The topological polar surface area (TPSA) is 101 Å². The van der Waals surface area contributed by atoms with E-state index in [9.17, 15) is 18.5 Å². The summed E-state index contributed by atoms with van der Waals surface area (Å²) in [4.78, 5) is 10.3. The smallest absolute Gasteiger partial charge is 0.272 e. The van der Waals surface area contributed by atoms with Crippen molar-refractivity contribution >= 4 is 21.4 Å². The van der Waals surface area contributed by atoms with E-state index < -0.39 is 14.9 Å². The van der Waals surface area contributed by atoms with Gasteiger partial charge in [0, 0.05) is 23.4 Å². The zero-order chi connectivity index (χ0) is 15.5. The van der Waals surface area contributed by atoms with E-state index in [0.717, 1.165) is 25.8 Å². The second kappa shape index (κ2) is 6.40. The van der Waals surface area contributed by atoms with E-state index >= 15 is 0 Å². The SMILES string of the molecule is Cc1cc(NS(=O)(=O)CC2CCCCN2)ccc1[N+](=O)[O-]. The summed E-state index contributed by atoms with van der Waals surface area (Å²) in [6.07, 6.45) is 2.95. The molecule has 0 amide bonds. The fourth-order valence-corrected chi connectivity index (χ4v) is 3.86. The first-order chi connectivity index (χ1) is 9.87. The van der Waals surface area contributed by atoms with Crippen LogP contribution in [0.15, 0.2) is 18.2 Å². The van der Waals surface area contributed by atoms with E-state index in [1.165, 1.54) is 18.2 Å². The third-order valence-corrected chi connectivity index (χ3v) is 4.89. The summed E-state index contributed by atoms with van der Waals surface area (Å²) in [5.41, 5.74) is 0.761. The van der Waals surface area contributed by atoms with Crippen LogP contribution in [0.25, 0.3) is 0 Å². The van der Waals surface area contributed by atoms with Crippen molar-refractivity contribution in [1.82, 2.24) is 5.32 Å². The quantitative estimate of drug-likeness (QED) is 0.637. The fourth-order valence-electron chi connectivity index (χ4n) is 2.48. The number of nitrogens with one attached hydrogen (secondary N) is 2. The lowest BCUT2D eigenvalue weighted by Crippen LogP contribution is -2.40. The summed E-state index contributed by atoms with van der Waals surface area (Å²) in [6.45, 7) is 2.43. The lowest BCUT2D eigenvalue weighted by molar-refractivity contribution is -0.385. The van der Waals surface area contributed by atoms with Gasteiger partial charge in [0.05, 0.1) is 10.7 Å². The maximum atomic E-state index is 12.1. The van der Waals surface area contributed by atoms with Crippen LogP contribution in [0.4, 0.5) is 11.4 Å². The molecule has 2 rings (SSSR count). The monoisotopic (exact) mass is 313 g/mol. The second-order valence-corrected chi connectivity index (χ2v) is 7.06. The Morgan fingerprint density at radius 3 is 2.76 bits per heavy atom. The van der Waals surface area contributed by atoms with Crippen LogP contribution in [-0.2, 0) is 10.0 Å². The molecule has 1 atom stereocenters. The molecule has 7 nitrogen and oxygen atoms in total. The number of hydrogen-bond donors (Lipinski definition) is 2. The zero-order valence-corrected chi connectivity index (χ0v) is 12.6. The molecule has 8 heteroatoms. The van der Waals surface area contributed by atoms with Gasteiger partial charge < -0.3 is 5.32 Å². The Hall–Kier alpha value is -1.67. The number of piperidine rings is 1. The Morgan fingerprint density at radius 1 is 1.43 bits per heavy atom. The minimum absolute atomic E-state index is 0.0169. The van der Waals surface area contributed by atoms with Crippen LogP contribution >= 0.6 is 0 Å². The molecular weight excluding hydrogens is 294 g/mol. The summed E-state index contributed by atoms with van der Waals surface area (Å²) in [5.74, 6) is 0.0169. The van der Waals surface area contributed by atoms with Gasteiger partial charge in [-0.3, -0.25) is 14.8 Å². The summed E-state index contributed by atoms with van der Waals surface area (Å²) >= 11 is 0. The second-order valence-electron chi connectivity index (χ2n) is 5.29. The van der Waals surface area contributed by atoms with Crippen molar-refractivity contribution in [2.75, 3.05) is 17.0 Å². The van der Waals surface area contributed by atoms with E-state index in [-0.39, 0.29) is 17.5 Å². The van der Waals surface area contributed by atoms with Crippen molar-refractivity contribution in [2.24, 2.45) is 0 Å². The fraction of sp³-hybridized carbons (Fsp3) is 0.538. The van der Waals surface area contributed by atoms with Crippen LogP contribution in [0.1, 0.15) is 24.8 Å². The molecule has 1 aromatic rings. The average Bonchev–Trinajstić information content (AvgIpc) is 2.38. The summed E-state index contributed by atoms with van der Waals surface area (Å²) in [5, 5.41) is 13.9. The van der Waals surface area contributed by atoms with Gasteiger partial charge >= 0.3 is 0 Å². The molecule has 1 heterocycles. The molecule has 116 valence electrons. The molecule has 0 aliphatic carbocycles. The van der Waals surface area contributed by atoms with Gasteiger partial charge in [0.1, 0.15) is 0 Å². The number of rotatable bonds is 5. The number of benzene rings is 1. The Kier molecular flexibility index (Phi) is 4.79. The van der Waals surface area contributed by atoms with E-state index in [0.29, 0.717) is 11.3 Å². The molecular formula is C13H19N3O4S. The predicted octanol–water partition coefficient (Wildman–Crippen LogP) is 1.79. The first-order valence-electron chi connectivity index (χ1n) is 6.86. The summed E-state index contributed by atoms with van der Waals surface area (Å²) in [6, 6.07) is 4.17. The highest BCUT2D eigenvalue weighted by molar-refractivity contribution is 7.92. The minimum Gasteiger partial charge on any atom is -0.313 e. The minimum atomic E-state index is -3.47. The van der Waals surface area contributed by atoms with Crippen molar-refractivity contribution < 1.29 is 13.3 Å². The van der Waals surface area contributed by atoms with Crippen LogP contribution in [0.5, 0.6) is 0 Å². The van der Waals surface area contributed by atoms with Crippen LogP contribution < -0.4 is 10.0 Å². The molecule has 1 aliphatic rings. The molecule has 1 aromatic carbocycles. The Labute approximate surface area is 123 Å². The van der Waals surface area contributed by atoms with E-state index in [4.69, 9.17) is 0 Å². The number of anilines is 1. The zero-order valence-electron chi connectivity index (χ0n) is 11.8. The van der Waals surface area contributed by atoms with Crippen molar-refractivity contribution in [3.63, 3.8) is 0 Å². The average molecular weight is 313 g/mol. The molecule has 0 spiro atoms. The Balaban J connectivity index is 2.05. The maximum Gasteiger partial charge on any atom is 0.272 e. The Morgan fingerprint density at radius 2 is 2.19 bits per heavy atom. The molecule has 0 bridgehead atoms. The molecule has 2 N–H and O–H groups in total. The van der Waals surface area contributed by atoms with Gasteiger partial charge in [-0.05, 0) is 38.4 Å². The number of nitrogens with zero attached hydrogens (tertiary/aromatic N) is 1. The third-order valence-electron chi connectivity index (χ3n) is 3.50. The van der Waals surface area contributed by atoms with E-state index in [1.807, 2.05) is 0 Å². The number of aryl methyl sites for hydroxylation is 1. The van der Waals surface area contributed by atoms with Gasteiger partial charge in [-0.25, -0.2) is 8.42 Å². The molecule has 1 unspecified atom stereocenters. The van der Waals surface area contributed by atoms with E-state index in [2.05, 4.69) is 10.0 Å². The number of nitro benzene ring substituents is 1. The van der Waals surface area contributed by atoms with Crippen molar-refractivity contribution in [1.29, 1.82) is 0 Å². The van der Waals surface area contributed by atoms with Crippen LogP contribution in [0.3, 0.4) is 0 Å². The molecule has 1 aliphatic heterocycles. The lowest BCUT2D eigenvalue weighted by atomic mass is 10.1. The first-order valence-corrected chi connectivity index (χ1v) is 8.51. The molecule has 0 saturated carbocycles. The Bertz CT molecular complexity index is 624. The highest BCUT2D eigenvalue weighted by atomic mass is 32.2. The van der Waals surface area contributed by atoms with Gasteiger partial charge in [0.2, 0.25) is 10.0 Å². The largest absolute Gasteiger partial charge is 0.313 e. The highest BCUT2D eigenvalue weighted by Gasteiger charge is 2.21. The van der Waals surface area contributed by atoms with Gasteiger partial charge in [-0.15, -0.1) is 0 Å². The summed E-state index contributed by atoms with van der Waals surface area (Å²) < 4.78 is 26.7. The van der Waals surface area contributed by atoms with Gasteiger partial charge in [0.15, 0.2) is 0 Å². The molecule has 0 aromatic heterocycles. The third kappa shape index (κ3) is 4.40. The maximum absolute atomic E-state index is 12.1. The van der Waals surface area contributed by atoms with Crippen LogP contribution in [-0.4, -0.2) is 31.7 Å². The number of sulfonamides is 1. The highest BCUT2D eigenvalue weighted by Crippen LogP contribution is 2.22. The number of nitro groups is 1. The van der Waals surface area contributed by atoms with Gasteiger partial charge in [-0.1, -0.05) is 6.42 Å². The van der Waals surface area contributed by atoms with Crippen LogP contribution in [0, 0.1) is 17.0 Å². The molecule has 1 saturated heterocycles. The number of hydrogen-bond acceptors (Lipinski definition) is 5. The van der Waals surface area contributed by atoms with Gasteiger partial charge in [-0.2, -0.15) is 0 Å². The van der Waals surface area contributed by atoms with Crippen molar-refractivity contribution in [3.8, 4) is 0 Å². The first kappa shape index (κ1) is 15.7. The molecule has 21 heavy (non-hydrogen) atoms. The van der Waals surface area contributed by atoms with Gasteiger partial charge in [0.25, 0.3) is 5.69 Å². The van der Waals surface area contributed by atoms with E-state index in [1.54, 1.807) is 6.92 Å². The van der Waals surface area contributed by atoms with Crippen molar-refractivity contribution in [2.45, 2.75) is 32.2 Å². The predicted molar refractivity (Wildman–Crippen MR) is 80.9 cm³/mol. The molecule has 1 fully saturated rings. The normalized spacial score (nSPS) is 19.2. The summed E-state index contributed by atoms with van der Waals surface area (Å²) in [7, 11) is -3.47. The van der Waals surface area contributed by atoms with Crippen LogP contribution in [0.2, 0.25) is 0 Å².